The Labute approximate surface area is 207 Å². The topological polar surface area (TPSA) is 94.3 Å². The molecule has 0 saturated carbocycles. The minimum Gasteiger partial charge on any atom is -0.290 e. The molecule has 0 radical (unpaired) electrons. The Balaban J connectivity index is 1.49. The van der Waals surface area contributed by atoms with Gasteiger partial charge in [-0.2, -0.15) is 0 Å². The van der Waals surface area contributed by atoms with Crippen molar-refractivity contribution >= 4 is 11.6 Å². The third kappa shape index (κ3) is 4.52. The first-order valence-electron chi connectivity index (χ1n) is 11.5. The van der Waals surface area contributed by atoms with E-state index in [0.29, 0.717) is 17.5 Å². The van der Waals surface area contributed by atoms with Crippen molar-refractivity contribution in [3.05, 3.63) is 99.8 Å². The summed E-state index contributed by atoms with van der Waals surface area (Å²) in [5, 5.41) is 14.7. The van der Waals surface area contributed by atoms with Gasteiger partial charge in [0.05, 0.1) is 23.6 Å². The number of tetrazole rings is 1. The number of benzene rings is 2. The van der Waals surface area contributed by atoms with E-state index < -0.39 is 0 Å². The Bertz CT molecular complexity index is 1470. The second kappa shape index (κ2) is 10.1. The molecule has 9 heteroatoms. The van der Waals surface area contributed by atoms with Gasteiger partial charge >= 0.3 is 5.69 Å². The van der Waals surface area contributed by atoms with Crippen LogP contribution in [0.2, 0.25) is 5.15 Å². The zero-order valence-corrected chi connectivity index (χ0v) is 20.0. The number of nitrogens with zero attached hydrogens (tertiary/aromatic N) is 6. The van der Waals surface area contributed by atoms with Crippen LogP contribution in [0.4, 0.5) is 0 Å². The second-order valence-electron chi connectivity index (χ2n) is 8.23. The van der Waals surface area contributed by atoms with E-state index in [1.165, 1.54) is 0 Å². The molecule has 0 amide bonds. The molecule has 0 spiro atoms. The molecule has 35 heavy (non-hydrogen) atoms. The molecule has 0 aliphatic heterocycles. The van der Waals surface area contributed by atoms with Crippen molar-refractivity contribution in [1.29, 1.82) is 0 Å². The van der Waals surface area contributed by atoms with Gasteiger partial charge in [0.2, 0.25) is 0 Å². The van der Waals surface area contributed by atoms with E-state index in [-0.39, 0.29) is 5.69 Å². The summed E-state index contributed by atoms with van der Waals surface area (Å²) in [6, 6.07) is 21.2. The minimum atomic E-state index is -0.153. The monoisotopic (exact) mass is 485 g/mol. The van der Waals surface area contributed by atoms with Crippen LogP contribution >= 0.6 is 11.6 Å². The number of para-hydroxylation sites is 1. The Morgan fingerprint density at radius 1 is 0.971 bits per heavy atom. The molecule has 5 rings (SSSR count). The van der Waals surface area contributed by atoms with Crippen LogP contribution in [-0.2, 0) is 13.0 Å². The highest BCUT2D eigenvalue weighted by atomic mass is 35.5. The molecule has 0 aliphatic carbocycles. The molecule has 1 N–H and O–H groups in total. The Morgan fingerprint density at radius 2 is 1.74 bits per heavy atom. The average molecular weight is 486 g/mol. The number of aromatic nitrogens is 7. The summed E-state index contributed by atoms with van der Waals surface area (Å²) in [6.45, 7) is 2.51. The third-order valence-corrected chi connectivity index (χ3v) is 6.32. The van der Waals surface area contributed by atoms with Crippen LogP contribution in [0.3, 0.4) is 0 Å². The maximum absolute atomic E-state index is 13.4. The number of aromatic amines is 1. The van der Waals surface area contributed by atoms with Gasteiger partial charge in [-0.1, -0.05) is 73.5 Å². The molecule has 5 aromatic rings. The molecule has 8 nitrogen and oxygen atoms in total. The molecule has 0 atom stereocenters. The van der Waals surface area contributed by atoms with Gasteiger partial charge in [0, 0.05) is 17.3 Å². The molecule has 0 fully saturated rings. The first kappa shape index (κ1) is 22.7. The van der Waals surface area contributed by atoms with Crippen LogP contribution in [0, 0.1) is 0 Å². The summed E-state index contributed by atoms with van der Waals surface area (Å²) in [5.74, 6) is 0.579. The number of halogens is 1. The van der Waals surface area contributed by atoms with Crippen molar-refractivity contribution in [2.24, 2.45) is 0 Å². The van der Waals surface area contributed by atoms with Crippen molar-refractivity contribution in [2.45, 2.75) is 32.7 Å². The first-order chi connectivity index (χ1) is 17.2. The van der Waals surface area contributed by atoms with E-state index in [0.717, 1.165) is 53.0 Å². The molecule has 0 saturated heterocycles. The number of imidazole rings is 1. The van der Waals surface area contributed by atoms with E-state index in [2.05, 4.69) is 32.5 Å². The van der Waals surface area contributed by atoms with E-state index in [1.54, 1.807) is 15.3 Å². The van der Waals surface area contributed by atoms with Crippen LogP contribution in [0.5, 0.6) is 0 Å². The number of pyridine rings is 1. The Hall–Kier alpha value is -4.04. The fraction of sp³-hybridized carbons (Fsp3) is 0.192. The van der Waals surface area contributed by atoms with Crippen molar-refractivity contribution < 1.29 is 0 Å². The van der Waals surface area contributed by atoms with E-state index >= 15 is 0 Å². The van der Waals surface area contributed by atoms with Gasteiger partial charge < -0.3 is 0 Å². The van der Waals surface area contributed by atoms with Gasteiger partial charge in [0.1, 0.15) is 5.15 Å². The van der Waals surface area contributed by atoms with Gasteiger partial charge in [0.15, 0.2) is 5.82 Å². The lowest BCUT2D eigenvalue weighted by Crippen LogP contribution is -2.25. The van der Waals surface area contributed by atoms with Crippen molar-refractivity contribution in [3.8, 4) is 28.3 Å². The Kier molecular flexibility index (Phi) is 6.54. The fourth-order valence-electron chi connectivity index (χ4n) is 4.15. The second-order valence-corrected chi connectivity index (χ2v) is 8.59. The number of hydrogen-bond donors (Lipinski definition) is 1. The Morgan fingerprint density at radius 3 is 2.43 bits per heavy atom. The largest absolute Gasteiger partial charge is 0.334 e. The summed E-state index contributed by atoms with van der Waals surface area (Å²) in [6.07, 6.45) is 4.49. The normalized spacial score (nSPS) is 11.1. The molecule has 0 unspecified atom stereocenters. The van der Waals surface area contributed by atoms with Crippen molar-refractivity contribution in [2.75, 3.05) is 0 Å². The maximum Gasteiger partial charge on any atom is 0.334 e. The van der Waals surface area contributed by atoms with Crippen LogP contribution in [0.15, 0.2) is 77.7 Å². The van der Waals surface area contributed by atoms with Gasteiger partial charge in [-0.15, -0.1) is 5.10 Å². The fourth-order valence-corrected chi connectivity index (χ4v) is 4.52. The number of hydrogen-bond acceptors (Lipinski definition) is 5. The van der Waals surface area contributed by atoms with Crippen LogP contribution in [-0.4, -0.2) is 34.7 Å². The van der Waals surface area contributed by atoms with E-state index in [4.69, 9.17) is 11.6 Å². The van der Waals surface area contributed by atoms with Crippen molar-refractivity contribution in [3.63, 3.8) is 0 Å². The van der Waals surface area contributed by atoms with E-state index in [1.807, 2.05) is 66.7 Å². The third-order valence-electron chi connectivity index (χ3n) is 5.93. The first-order valence-corrected chi connectivity index (χ1v) is 11.9. The highest BCUT2D eigenvalue weighted by Crippen LogP contribution is 2.28. The van der Waals surface area contributed by atoms with Gasteiger partial charge in [-0.05, 0) is 47.0 Å². The number of unbranched alkanes of at least 4 members (excludes halogenated alkanes) is 1. The molecular formula is C26H24ClN7O. The lowest BCUT2D eigenvalue weighted by atomic mass is 10.0. The molecule has 3 aromatic heterocycles. The summed E-state index contributed by atoms with van der Waals surface area (Å²) in [7, 11) is 0. The summed E-state index contributed by atoms with van der Waals surface area (Å²) < 4.78 is 3.34. The lowest BCUT2D eigenvalue weighted by molar-refractivity contribution is 0.673. The smallest absolute Gasteiger partial charge is 0.290 e. The molecular weight excluding hydrogens is 462 g/mol. The lowest BCUT2D eigenvalue weighted by Gasteiger charge is -2.09. The zero-order chi connectivity index (χ0) is 24.2. The van der Waals surface area contributed by atoms with Crippen molar-refractivity contribution in [1.82, 2.24) is 34.7 Å². The molecule has 2 aromatic carbocycles. The predicted octanol–water partition coefficient (Wildman–Crippen LogP) is 4.93. The standard InChI is InChI=1S/C26H24ClN7O/c1-2-3-13-23-24(27)34(19-9-5-4-6-10-19)26(35)33(23)17-18-14-15-22(28-16-18)20-11-7-8-12-21(20)25-29-31-32-30-25/h4-12,14-16H,2-3,13,17H2,1H3,(H,29,30,31,32). The van der Waals surface area contributed by atoms with Crippen LogP contribution < -0.4 is 5.69 Å². The number of rotatable bonds is 8. The number of H-pyrrole nitrogens is 1. The molecule has 0 bridgehead atoms. The maximum atomic E-state index is 13.4. The highest BCUT2D eigenvalue weighted by molar-refractivity contribution is 6.30. The van der Waals surface area contributed by atoms with Crippen LogP contribution in [0.1, 0.15) is 31.0 Å². The van der Waals surface area contributed by atoms with Gasteiger partial charge in [-0.3, -0.25) is 14.1 Å². The summed E-state index contributed by atoms with van der Waals surface area (Å²) in [4.78, 5) is 18.1. The van der Waals surface area contributed by atoms with Gasteiger partial charge in [0.25, 0.3) is 0 Å². The summed E-state index contributed by atoms with van der Waals surface area (Å²) >= 11 is 6.75. The highest BCUT2D eigenvalue weighted by Gasteiger charge is 2.20. The van der Waals surface area contributed by atoms with Gasteiger partial charge in [-0.25, -0.2) is 9.89 Å². The SMILES string of the molecule is CCCCc1c(Cl)n(-c2ccccc2)c(=O)n1Cc1ccc(-c2ccccc2-c2nnn[nH]2)nc1. The van der Waals surface area contributed by atoms with E-state index in [9.17, 15) is 4.79 Å². The minimum absolute atomic E-state index is 0.153. The number of nitrogens with one attached hydrogen (secondary N) is 1. The molecule has 0 aliphatic rings. The summed E-state index contributed by atoms with van der Waals surface area (Å²) in [5.41, 5.74) is 4.92. The molecule has 176 valence electrons. The quantitative estimate of drug-likeness (QED) is 0.336. The average Bonchev–Trinajstić information content (AvgIpc) is 3.51. The predicted molar refractivity (Wildman–Crippen MR) is 136 cm³/mol. The zero-order valence-electron chi connectivity index (χ0n) is 19.2. The van der Waals surface area contributed by atoms with Crippen LogP contribution in [0.25, 0.3) is 28.3 Å². The molecule has 3 heterocycles.